The lowest BCUT2D eigenvalue weighted by molar-refractivity contribution is -0.117. The highest BCUT2D eigenvalue weighted by atomic mass is 35.5. The lowest BCUT2D eigenvalue weighted by Gasteiger charge is -2.34. The van der Waals surface area contributed by atoms with Crippen LogP contribution in [0.1, 0.15) is 26.3 Å². The predicted octanol–water partition coefficient (Wildman–Crippen LogP) is 2.81. The molecule has 1 fully saturated rings. The summed E-state index contributed by atoms with van der Waals surface area (Å²) < 4.78 is 22.6. The third kappa shape index (κ3) is 6.74. The van der Waals surface area contributed by atoms with Crippen LogP contribution in [0.25, 0.3) is 0 Å². The molecule has 0 atom stereocenters. The maximum absolute atomic E-state index is 13.2. The first-order valence-corrected chi connectivity index (χ1v) is 10.7. The molecular weight excluding hydrogens is 453 g/mol. The zero-order chi connectivity index (χ0) is 24.0. The molecule has 0 radical (unpaired) electrons. The first kappa shape index (κ1) is 24.6. The van der Waals surface area contributed by atoms with Gasteiger partial charge >= 0.3 is 11.9 Å². The Morgan fingerprint density at radius 1 is 0.939 bits per heavy atom. The second kappa shape index (κ2) is 11.2. The van der Waals surface area contributed by atoms with E-state index in [-0.39, 0.29) is 29.4 Å². The van der Waals surface area contributed by atoms with Crippen LogP contribution < -0.4 is 5.32 Å². The molecule has 0 bridgehead atoms. The van der Waals surface area contributed by atoms with Crippen molar-refractivity contribution in [2.24, 2.45) is 0 Å². The molecule has 1 N–H and O–H groups in total. The Kier molecular flexibility index (Phi) is 8.37. The van der Waals surface area contributed by atoms with Crippen LogP contribution in [0.3, 0.4) is 0 Å². The minimum Gasteiger partial charge on any atom is -0.465 e. The van der Waals surface area contributed by atoms with Gasteiger partial charge in [0, 0.05) is 43.4 Å². The van der Waals surface area contributed by atoms with Crippen LogP contribution in [-0.4, -0.2) is 74.6 Å². The minimum atomic E-state index is -0.631. The number of esters is 2. The number of anilines is 1. The largest absolute Gasteiger partial charge is 0.465 e. The number of carbonyl (C=O) groups excluding carboxylic acids is 3. The number of piperazine rings is 1. The van der Waals surface area contributed by atoms with E-state index >= 15 is 0 Å². The van der Waals surface area contributed by atoms with Crippen molar-refractivity contribution in [3.8, 4) is 0 Å². The van der Waals surface area contributed by atoms with E-state index in [1.165, 1.54) is 44.6 Å². The molecule has 8 nitrogen and oxygen atoms in total. The van der Waals surface area contributed by atoms with Gasteiger partial charge < -0.3 is 14.8 Å². The fourth-order valence-corrected chi connectivity index (χ4v) is 3.80. The van der Waals surface area contributed by atoms with Gasteiger partial charge in [0.05, 0.1) is 31.9 Å². The topological polar surface area (TPSA) is 88.2 Å². The van der Waals surface area contributed by atoms with Crippen molar-refractivity contribution < 1.29 is 28.2 Å². The average Bonchev–Trinajstić information content (AvgIpc) is 2.80. The zero-order valence-electron chi connectivity index (χ0n) is 18.4. The number of ether oxygens (including phenoxy) is 2. The first-order valence-electron chi connectivity index (χ1n) is 10.3. The van der Waals surface area contributed by atoms with Gasteiger partial charge in [-0.25, -0.2) is 14.0 Å². The number of hydrogen-bond acceptors (Lipinski definition) is 7. The molecule has 0 unspecified atom stereocenters. The number of carbonyl (C=O) groups is 3. The number of hydrogen-bond donors (Lipinski definition) is 1. The summed E-state index contributed by atoms with van der Waals surface area (Å²) in [5.74, 6) is -1.90. The Bertz CT molecular complexity index is 1010. The van der Waals surface area contributed by atoms with Gasteiger partial charge in [-0.15, -0.1) is 0 Å². The van der Waals surface area contributed by atoms with E-state index in [0.717, 1.165) is 18.7 Å². The maximum atomic E-state index is 13.2. The Morgan fingerprint density at radius 3 is 2.06 bits per heavy atom. The van der Waals surface area contributed by atoms with Crippen molar-refractivity contribution in [1.29, 1.82) is 0 Å². The number of nitrogens with one attached hydrogen (secondary N) is 1. The quantitative estimate of drug-likeness (QED) is 0.613. The molecule has 1 amide bonds. The van der Waals surface area contributed by atoms with E-state index in [1.54, 1.807) is 6.07 Å². The highest BCUT2D eigenvalue weighted by molar-refractivity contribution is 6.31. The molecule has 1 saturated heterocycles. The molecule has 2 aromatic carbocycles. The van der Waals surface area contributed by atoms with Crippen LogP contribution in [0.2, 0.25) is 5.02 Å². The van der Waals surface area contributed by atoms with Crippen molar-refractivity contribution in [3.63, 3.8) is 0 Å². The molecule has 1 aliphatic heterocycles. The van der Waals surface area contributed by atoms with E-state index in [2.05, 4.69) is 10.2 Å². The first-order chi connectivity index (χ1) is 15.8. The van der Waals surface area contributed by atoms with Gasteiger partial charge in [0.15, 0.2) is 0 Å². The summed E-state index contributed by atoms with van der Waals surface area (Å²) in [6.07, 6.45) is 0. The third-order valence-electron chi connectivity index (χ3n) is 5.30. The minimum absolute atomic E-state index is 0.128. The summed E-state index contributed by atoms with van der Waals surface area (Å²) in [5.41, 5.74) is 1.41. The number of rotatable bonds is 7. The Balaban J connectivity index is 1.56. The smallest absolute Gasteiger partial charge is 0.337 e. The Morgan fingerprint density at radius 2 is 1.52 bits per heavy atom. The molecule has 2 aromatic rings. The van der Waals surface area contributed by atoms with E-state index in [9.17, 15) is 18.8 Å². The molecule has 33 heavy (non-hydrogen) atoms. The van der Waals surface area contributed by atoms with Crippen LogP contribution in [0.15, 0.2) is 36.4 Å². The molecule has 0 aliphatic carbocycles. The van der Waals surface area contributed by atoms with Crippen LogP contribution in [0.5, 0.6) is 0 Å². The second-order valence-corrected chi connectivity index (χ2v) is 8.03. The summed E-state index contributed by atoms with van der Waals surface area (Å²) in [5, 5.41) is 3.13. The van der Waals surface area contributed by atoms with Crippen molar-refractivity contribution in [3.05, 3.63) is 63.9 Å². The van der Waals surface area contributed by atoms with Crippen LogP contribution >= 0.6 is 11.6 Å². The van der Waals surface area contributed by atoms with Gasteiger partial charge in [0.1, 0.15) is 5.82 Å². The van der Waals surface area contributed by atoms with E-state index in [4.69, 9.17) is 21.1 Å². The number of benzene rings is 2. The summed E-state index contributed by atoms with van der Waals surface area (Å²) >= 11 is 6.12. The van der Waals surface area contributed by atoms with Crippen LogP contribution in [-0.2, 0) is 20.8 Å². The molecule has 0 spiro atoms. The molecule has 10 heteroatoms. The molecule has 176 valence electrons. The lowest BCUT2D eigenvalue weighted by Crippen LogP contribution is -2.48. The van der Waals surface area contributed by atoms with Gasteiger partial charge in [-0.2, -0.15) is 0 Å². The Labute approximate surface area is 196 Å². The van der Waals surface area contributed by atoms with Crippen LogP contribution in [0.4, 0.5) is 10.1 Å². The van der Waals surface area contributed by atoms with Gasteiger partial charge in [-0.1, -0.05) is 17.7 Å². The van der Waals surface area contributed by atoms with Gasteiger partial charge in [0.2, 0.25) is 5.91 Å². The van der Waals surface area contributed by atoms with Gasteiger partial charge in [0.25, 0.3) is 0 Å². The summed E-state index contributed by atoms with van der Waals surface area (Å²) in [4.78, 5) is 40.6. The van der Waals surface area contributed by atoms with E-state index in [1.807, 2.05) is 4.90 Å². The second-order valence-electron chi connectivity index (χ2n) is 7.62. The van der Waals surface area contributed by atoms with E-state index in [0.29, 0.717) is 30.3 Å². The maximum Gasteiger partial charge on any atom is 0.337 e. The summed E-state index contributed by atoms with van der Waals surface area (Å²) in [6.45, 7) is 3.55. The highest BCUT2D eigenvalue weighted by Gasteiger charge is 2.21. The standard InChI is InChI=1S/C23H25ClFN3O5/c1-32-22(30)16-9-17(23(31)33-2)11-19(10-16)26-21(29)14-28-7-5-27(6-8-28)13-15-3-4-18(25)12-20(15)24/h3-4,9-12H,5-8,13-14H2,1-2H3,(H,26,29). The fourth-order valence-electron chi connectivity index (χ4n) is 3.57. The van der Waals surface area contributed by atoms with Crippen molar-refractivity contribution in [1.82, 2.24) is 9.80 Å². The monoisotopic (exact) mass is 477 g/mol. The van der Waals surface area contributed by atoms with Gasteiger partial charge in [-0.3, -0.25) is 14.6 Å². The van der Waals surface area contributed by atoms with E-state index < -0.39 is 11.9 Å². The van der Waals surface area contributed by atoms with Crippen molar-refractivity contribution in [2.45, 2.75) is 6.54 Å². The normalized spacial score (nSPS) is 14.5. The third-order valence-corrected chi connectivity index (χ3v) is 5.65. The number of nitrogens with zero attached hydrogens (tertiary/aromatic N) is 2. The summed E-state index contributed by atoms with van der Waals surface area (Å²) in [6, 6.07) is 8.62. The fraction of sp³-hybridized carbons (Fsp3) is 0.348. The van der Waals surface area contributed by atoms with Crippen molar-refractivity contribution in [2.75, 3.05) is 52.3 Å². The van der Waals surface area contributed by atoms with Gasteiger partial charge in [-0.05, 0) is 35.9 Å². The van der Waals surface area contributed by atoms with Crippen LogP contribution in [0, 0.1) is 5.82 Å². The average molecular weight is 478 g/mol. The number of methoxy groups -OCH3 is 2. The van der Waals surface area contributed by atoms with Crippen molar-refractivity contribution >= 4 is 35.1 Å². The zero-order valence-corrected chi connectivity index (χ0v) is 19.2. The Hall–Kier alpha value is -3.01. The predicted molar refractivity (Wildman–Crippen MR) is 121 cm³/mol. The number of halogens is 2. The molecule has 1 aliphatic rings. The molecule has 3 rings (SSSR count). The molecule has 0 aromatic heterocycles. The summed E-state index contributed by atoms with van der Waals surface area (Å²) in [7, 11) is 2.46. The SMILES string of the molecule is COC(=O)c1cc(NC(=O)CN2CCN(Cc3ccc(F)cc3Cl)CC2)cc(C(=O)OC)c1. The number of amides is 1. The molecule has 1 heterocycles. The molecule has 0 saturated carbocycles. The lowest BCUT2D eigenvalue weighted by atomic mass is 10.1. The highest BCUT2D eigenvalue weighted by Crippen LogP contribution is 2.20. The molecular formula is C23H25ClFN3O5.